The summed E-state index contributed by atoms with van der Waals surface area (Å²) in [5, 5.41) is 12.1. The molecule has 0 aromatic heterocycles. The molecule has 0 aliphatic carbocycles. The topological polar surface area (TPSA) is 49.3 Å². The summed E-state index contributed by atoms with van der Waals surface area (Å²) in [6, 6.07) is 7.30. The molecule has 1 radical (unpaired) electrons. The van der Waals surface area contributed by atoms with E-state index in [0.29, 0.717) is 0 Å². The first-order valence-corrected chi connectivity index (χ1v) is 4.58. The van der Waals surface area contributed by atoms with Crippen molar-refractivity contribution < 1.29 is 9.90 Å². The summed E-state index contributed by atoms with van der Waals surface area (Å²) in [6.45, 7) is 2.27. The van der Waals surface area contributed by atoms with Crippen LogP contribution in [0, 0.1) is 0 Å². The highest BCUT2D eigenvalue weighted by Crippen LogP contribution is 2.10. The first-order chi connectivity index (χ1) is 6.72. The Bertz CT molecular complexity index is 282. The summed E-state index contributed by atoms with van der Waals surface area (Å²) in [5.41, 5.74) is 1.13. The normalized spacial score (nSPS) is 12.4. The van der Waals surface area contributed by atoms with Crippen LogP contribution in [0.3, 0.4) is 0 Å². The van der Waals surface area contributed by atoms with Gasteiger partial charge in [0.1, 0.15) is 5.75 Å². The quantitative estimate of drug-likeness (QED) is 0.732. The fraction of sp³-hybridized carbons (Fsp3) is 0.364. The molecular weight excluding hydrogens is 178 g/mol. The van der Waals surface area contributed by atoms with Gasteiger partial charge in [0.2, 0.25) is 6.29 Å². The number of phenols is 1. The molecule has 0 aliphatic rings. The number of hydrogen-bond donors (Lipinski definition) is 2. The van der Waals surface area contributed by atoms with Crippen molar-refractivity contribution in [1.82, 2.24) is 5.32 Å². The van der Waals surface area contributed by atoms with Crippen molar-refractivity contribution in [2.24, 2.45) is 0 Å². The second kappa shape index (κ2) is 5.40. The van der Waals surface area contributed by atoms with Crippen molar-refractivity contribution in [3.8, 4) is 5.75 Å². The van der Waals surface area contributed by atoms with E-state index in [1.807, 2.05) is 19.1 Å². The van der Waals surface area contributed by atoms with E-state index in [4.69, 9.17) is 5.11 Å². The summed E-state index contributed by atoms with van der Waals surface area (Å²) >= 11 is 0. The fourth-order valence-electron chi connectivity index (χ4n) is 1.27. The first kappa shape index (κ1) is 10.7. The Morgan fingerprint density at radius 2 is 2.07 bits per heavy atom. The van der Waals surface area contributed by atoms with Crippen LogP contribution in [0.1, 0.15) is 12.5 Å². The third-order valence-corrected chi connectivity index (χ3v) is 2.00. The monoisotopic (exact) mass is 192 g/mol. The Labute approximate surface area is 83.8 Å². The molecule has 0 spiro atoms. The van der Waals surface area contributed by atoms with Crippen LogP contribution < -0.4 is 5.32 Å². The van der Waals surface area contributed by atoms with Crippen molar-refractivity contribution in [2.75, 3.05) is 6.54 Å². The number of rotatable bonds is 5. The maximum absolute atomic E-state index is 9.99. The van der Waals surface area contributed by atoms with Gasteiger partial charge in [-0.2, -0.15) is 0 Å². The molecular formula is C11H14NO2. The van der Waals surface area contributed by atoms with E-state index in [0.717, 1.165) is 12.0 Å². The first-order valence-electron chi connectivity index (χ1n) is 4.58. The van der Waals surface area contributed by atoms with E-state index in [1.54, 1.807) is 18.4 Å². The van der Waals surface area contributed by atoms with Gasteiger partial charge >= 0.3 is 0 Å². The molecule has 0 aliphatic heterocycles. The lowest BCUT2D eigenvalue weighted by Crippen LogP contribution is -2.29. The van der Waals surface area contributed by atoms with Crippen molar-refractivity contribution in [2.45, 2.75) is 19.4 Å². The minimum absolute atomic E-state index is 0.237. The van der Waals surface area contributed by atoms with E-state index in [-0.39, 0.29) is 18.3 Å². The summed E-state index contributed by atoms with van der Waals surface area (Å²) in [7, 11) is 0. The largest absolute Gasteiger partial charge is 0.508 e. The molecule has 1 aromatic rings. The van der Waals surface area contributed by atoms with Gasteiger partial charge in [-0.1, -0.05) is 12.1 Å². The highest BCUT2D eigenvalue weighted by Gasteiger charge is 2.02. The average molecular weight is 192 g/mol. The third kappa shape index (κ3) is 3.58. The smallest absolute Gasteiger partial charge is 0.213 e. The maximum Gasteiger partial charge on any atom is 0.213 e. The fourth-order valence-corrected chi connectivity index (χ4v) is 1.27. The van der Waals surface area contributed by atoms with Crippen molar-refractivity contribution in [1.29, 1.82) is 0 Å². The van der Waals surface area contributed by atoms with E-state index < -0.39 is 0 Å². The van der Waals surface area contributed by atoms with Gasteiger partial charge in [-0.25, -0.2) is 0 Å². The average Bonchev–Trinajstić information content (AvgIpc) is 2.18. The van der Waals surface area contributed by atoms with E-state index in [1.165, 1.54) is 0 Å². The maximum atomic E-state index is 9.99. The molecule has 1 aromatic carbocycles. The van der Waals surface area contributed by atoms with Crippen molar-refractivity contribution in [3.05, 3.63) is 29.8 Å². The number of benzene rings is 1. The van der Waals surface area contributed by atoms with Crippen LogP contribution in [0.5, 0.6) is 5.75 Å². The molecule has 0 saturated carbocycles. The molecule has 0 saturated heterocycles. The highest BCUT2D eigenvalue weighted by molar-refractivity contribution is 5.52. The lowest BCUT2D eigenvalue weighted by Gasteiger charge is -2.11. The van der Waals surface area contributed by atoms with Gasteiger partial charge in [0.15, 0.2) is 0 Å². The zero-order valence-corrected chi connectivity index (χ0v) is 8.16. The van der Waals surface area contributed by atoms with Gasteiger partial charge in [0, 0.05) is 6.04 Å². The minimum atomic E-state index is 0.237. The van der Waals surface area contributed by atoms with Gasteiger partial charge in [-0.3, -0.25) is 4.79 Å². The molecule has 75 valence electrons. The van der Waals surface area contributed by atoms with Gasteiger partial charge in [0.25, 0.3) is 0 Å². The number of phenolic OH excluding ortho intramolecular Hbond substituents is 1. The Hall–Kier alpha value is -1.35. The molecule has 1 unspecified atom stereocenters. The van der Waals surface area contributed by atoms with E-state index >= 15 is 0 Å². The molecule has 2 N–H and O–H groups in total. The zero-order valence-electron chi connectivity index (χ0n) is 8.16. The standard InChI is InChI=1S/C11H14NO2/c1-9(12-6-7-13)8-10-2-4-11(14)5-3-10/h2-5,9,12,14H,6,8H2,1H3. The predicted molar refractivity (Wildman–Crippen MR) is 55.0 cm³/mol. The summed E-state index contributed by atoms with van der Waals surface area (Å²) in [5.74, 6) is 0.274. The lowest BCUT2D eigenvalue weighted by atomic mass is 10.1. The van der Waals surface area contributed by atoms with Crippen molar-refractivity contribution >= 4 is 6.29 Å². The second-order valence-corrected chi connectivity index (χ2v) is 3.30. The molecule has 1 rings (SSSR count). The molecule has 0 heterocycles. The van der Waals surface area contributed by atoms with Crippen molar-refractivity contribution in [3.63, 3.8) is 0 Å². The summed E-state index contributed by atoms with van der Waals surface area (Å²) < 4.78 is 0. The summed E-state index contributed by atoms with van der Waals surface area (Å²) in [4.78, 5) is 9.99. The number of carbonyl (C=O) groups excluding carboxylic acids is 1. The molecule has 0 amide bonds. The highest BCUT2D eigenvalue weighted by atomic mass is 16.3. The molecule has 3 heteroatoms. The Kier molecular flexibility index (Phi) is 4.13. The van der Waals surface area contributed by atoms with Gasteiger partial charge in [-0.15, -0.1) is 0 Å². The molecule has 0 fully saturated rings. The molecule has 14 heavy (non-hydrogen) atoms. The molecule has 1 atom stereocenters. The molecule has 3 nitrogen and oxygen atoms in total. The Morgan fingerprint density at radius 3 is 2.64 bits per heavy atom. The summed E-state index contributed by atoms with van der Waals surface area (Å²) in [6.07, 6.45) is 2.63. The zero-order chi connectivity index (χ0) is 10.4. The van der Waals surface area contributed by atoms with Crippen LogP contribution in [-0.2, 0) is 11.2 Å². The van der Waals surface area contributed by atoms with Gasteiger partial charge in [0.05, 0.1) is 6.54 Å². The van der Waals surface area contributed by atoms with Crippen LogP contribution in [-0.4, -0.2) is 24.0 Å². The van der Waals surface area contributed by atoms with Gasteiger partial charge in [-0.05, 0) is 31.0 Å². The Morgan fingerprint density at radius 1 is 1.43 bits per heavy atom. The van der Waals surface area contributed by atoms with Crippen LogP contribution in [0.2, 0.25) is 0 Å². The van der Waals surface area contributed by atoms with E-state index in [2.05, 4.69) is 5.32 Å². The second-order valence-electron chi connectivity index (χ2n) is 3.30. The van der Waals surface area contributed by atoms with Crippen LogP contribution in [0.15, 0.2) is 24.3 Å². The van der Waals surface area contributed by atoms with Gasteiger partial charge < -0.3 is 10.4 Å². The lowest BCUT2D eigenvalue weighted by molar-refractivity contribution is 0.474. The van der Waals surface area contributed by atoms with Crippen LogP contribution >= 0.6 is 0 Å². The SMILES string of the molecule is CC(Cc1ccc(O)cc1)NC[C]=O. The number of aromatic hydroxyl groups is 1. The number of hydrogen-bond acceptors (Lipinski definition) is 3. The Balaban J connectivity index is 2.43. The number of nitrogens with one attached hydrogen (secondary N) is 1. The molecule has 0 bridgehead atoms. The third-order valence-electron chi connectivity index (χ3n) is 2.00. The van der Waals surface area contributed by atoms with Crippen LogP contribution in [0.25, 0.3) is 0 Å². The van der Waals surface area contributed by atoms with E-state index in [9.17, 15) is 4.79 Å². The van der Waals surface area contributed by atoms with Crippen LogP contribution in [0.4, 0.5) is 0 Å². The predicted octanol–water partition coefficient (Wildman–Crippen LogP) is 1.02. The minimum Gasteiger partial charge on any atom is -0.508 e.